The molecule has 1 rings (SSSR count). The first-order valence-electron chi connectivity index (χ1n) is 3.25. The van der Waals surface area contributed by atoms with E-state index in [-0.39, 0.29) is 4.32 Å². The number of alkyl halides is 1. The Morgan fingerprint density at radius 2 is 2.10 bits per heavy atom. The summed E-state index contributed by atoms with van der Waals surface area (Å²) in [4.78, 5) is 1.42. The van der Waals surface area contributed by atoms with Crippen LogP contribution in [0.1, 0.15) is 24.3 Å². The summed E-state index contributed by atoms with van der Waals surface area (Å²) in [5.74, 6) is 0. The van der Waals surface area contributed by atoms with Crippen molar-refractivity contribution in [2.45, 2.75) is 25.1 Å². The average Bonchev–Trinajstić information content (AvgIpc) is 2.11. The Hall–Kier alpha value is 0.180. The first-order valence-corrected chi connectivity index (χ1v) is 4.92. The van der Waals surface area contributed by atoms with E-state index in [1.165, 1.54) is 10.4 Å². The lowest BCUT2D eigenvalue weighted by atomic mass is 10.1. The molecule has 0 saturated heterocycles. The molecule has 2 heteroatoms. The first-order chi connectivity index (χ1) is 4.52. The molecule has 0 amide bonds. The van der Waals surface area contributed by atoms with Gasteiger partial charge in [0.1, 0.15) is 0 Å². The maximum absolute atomic E-state index is 3.63. The van der Waals surface area contributed by atoms with Crippen LogP contribution in [0, 0.1) is 6.92 Å². The van der Waals surface area contributed by atoms with E-state index >= 15 is 0 Å². The van der Waals surface area contributed by atoms with Crippen LogP contribution in [0.4, 0.5) is 0 Å². The number of thiophene rings is 1. The van der Waals surface area contributed by atoms with Crippen LogP contribution >= 0.6 is 27.3 Å². The summed E-state index contributed by atoms with van der Waals surface area (Å²) in [7, 11) is 0. The highest BCUT2D eigenvalue weighted by Crippen LogP contribution is 2.35. The normalized spacial score (nSPS) is 12.0. The third-order valence-corrected chi connectivity index (χ3v) is 3.40. The number of halogens is 1. The molecule has 0 atom stereocenters. The van der Waals surface area contributed by atoms with Crippen molar-refractivity contribution >= 4 is 27.3 Å². The minimum Gasteiger partial charge on any atom is -0.147 e. The predicted octanol–water partition coefficient (Wildman–Crippen LogP) is 3.69. The van der Waals surface area contributed by atoms with E-state index in [1.807, 2.05) is 11.3 Å². The van der Waals surface area contributed by atoms with Gasteiger partial charge in [0.15, 0.2) is 0 Å². The first kappa shape index (κ1) is 8.28. The fraction of sp³-hybridized carbons (Fsp3) is 0.500. The fourth-order valence-electron chi connectivity index (χ4n) is 0.982. The van der Waals surface area contributed by atoms with E-state index in [0.29, 0.717) is 0 Å². The Morgan fingerprint density at radius 1 is 1.50 bits per heavy atom. The monoisotopic (exact) mass is 218 g/mol. The standard InChI is InChI=1S/C8H11BrS/c1-6-4-5-10-7(6)8(2,3)9/h4-5H,1-3H3. The molecule has 0 unspecified atom stereocenters. The molecule has 1 aromatic rings. The van der Waals surface area contributed by atoms with E-state index in [2.05, 4.69) is 48.1 Å². The van der Waals surface area contributed by atoms with Gasteiger partial charge in [-0.1, -0.05) is 15.9 Å². The van der Waals surface area contributed by atoms with Crippen molar-refractivity contribution < 1.29 is 0 Å². The van der Waals surface area contributed by atoms with Crippen molar-refractivity contribution in [3.63, 3.8) is 0 Å². The molecule has 0 aliphatic heterocycles. The largest absolute Gasteiger partial charge is 0.147 e. The second-order valence-corrected chi connectivity index (χ2v) is 5.80. The van der Waals surface area contributed by atoms with Gasteiger partial charge in [-0.25, -0.2) is 0 Å². The molecule has 1 heterocycles. The van der Waals surface area contributed by atoms with Crippen LogP contribution in [0.25, 0.3) is 0 Å². The number of aryl methyl sites for hydroxylation is 1. The summed E-state index contributed by atoms with van der Waals surface area (Å²) in [6, 6.07) is 2.16. The molecular weight excluding hydrogens is 208 g/mol. The van der Waals surface area contributed by atoms with Crippen LogP contribution in [0.15, 0.2) is 11.4 Å². The zero-order valence-electron chi connectivity index (χ0n) is 6.44. The topological polar surface area (TPSA) is 0 Å². The highest BCUT2D eigenvalue weighted by molar-refractivity contribution is 9.09. The van der Waals surface area contributed by atoms with Crippen molar-refractivity contribution in [2.75, 3.05) is 0 Å². The molecule has 0 radical (unpaired) electrons. The second kappa shape index (κ2) is 2.67. The molecular formula is C8H11BrS. The maximum atomic E-state index is 3.63. The van der Waals surface area contributed by atoms with Crippen molar-refractivity contribution in [2.24, 2.45) is 0 Å². The number of hydrogen-bond acceptors (Lipinski definition) is 1. The highest BCUT2D eigenvalue weighted by atomic mass is 79.9. The lowest BCUT2D eigenvalue weighted by molar-refractivity contribution is 0.817. The van der Waals surface area contributed by atoms with Crippen LogP contribution in [0.2, 0.25) is 0 Å². The minimum absolute atomic E-state index is 0.144. The Balaban J connectivity index is 3.05. The summed E-state index contributed by atoms with van der Waals surface area (Å²) in [5, 5.41) is 2.13. The molecule has 0 saturated carbocycles. The molecule has 10 heavy (non-hydrogen) atoms. The van der Waals surface area contributed by atoms with E-state index in [1.54, 1.807) is 0 Å². The van der Waals surface area contributed by atoms with Gasteiger partial charge in [-0.2, -0.15) is 0 Å². The molecule has 0 bridgehead atoms. The summed E-state index contributed by atoms with van der Waals surface area (Å²) in [6.07, 6.45) is 0. The third-order valence-electron chi connectivity index (χ3n) is 1.40. The molecule has 0 aliphatic carbocycles. The van der Waals surface area contributed by atoms with Gasteiger partial charge in [-0.15, -0.1) is 11.3 Å². The van der Waals surface area contributed by atoms with Crippen LogP contribution in [-0.4, -0.2) is 0 Å². The summed E-state index contributed by atoms with van der Waals surface area (Å²) in [5.41, 5.74) is 1.38. The molecule has 0 fully saturated rings. The lowest BCUT2D eigenvalue weighted by Crippen LogP contribution is -2.04. The van der Waals surface area contributed by atoms with Gasteiger partial charge in [0.25, 0.3) is 0 Å². The van der Waals surface area contributed by atoms with Crippen LogP contribution in [-0.2, 0) is 4.32 Å². The zero-order chi connectivity index (χ0) is 7.78. The Bertz CT molecular complexity index is 219. The Morgan fingerprint density at radius 3 is 2.30 bits per heavy atom. The van der Waals surface area contributed by atoms with Crippen LogP contribution in [0.3, 0.4) is 0 Å². The van der Waals surface area contributed by atoms with E-state index in [9.17, 15) is 0 Å². The van der Waals surface area contributed by atoms with Crippen molar-refractivity contribution in [1.29, 1.82) is 0 Å². The van der Waals surface area contributed by atoms with Crippen molar-refractivity contribution in [1.82, 2.24) is 0 Å². The Kier molecular flexibility index (Phi) is 2.21. The highest BCUT2D eigenvalue weighted by Gasteiger charge is 2.18. The van der Waals surface area contributed by atoms with Gasteiger partial charge >= 0.3 is 0 Å². The van der Waals surface area contributed by atoms with Gasteiger partial charge < -0.3 is 0 Å². The van der Waals surface area contributed by atoms with E-state index in [0.717, 1.165) is 0 Å². The van der Waals surface area contributed by atoms with Gasteiger partial charge in [0.05, 0.1) is 4.32 Å². The zero-order valence-corrected chi connectivity index (χ0v) is 8.84. The fourth-order valence-corrected chi connectivity index (χ4v) is 2.52. The summed E-state index contributed by atoms with van der Waals surface area (Å²) < 4.78 is 0.144. The molecule has 0 spiro atoms. The number of hydrogen-bond donors (Lipinski definition) is 0. The quantitative estimate of drug-likeness (QED) is 0.632. The summed E-state index contributed by atoms with van der Waals surface area (Å²) in [6.45, 7) is 6.49. The number of rotatable bonds is 1. The SMILES string of the molecule is Cc1ccsc1C(C)(C)Br. The van der Waals surface area contributed by atoms with Gasteiger partial charge in [-0.05, 0) is 37.8 Å². The van der Waals surface area contributed by atoms with Crippen molar-refractivity contribution in [3.8, 4) is 0 Å². The molecule has 56 valence electrons. The molecule has 0 N–H and O–H groups in total. The van der Waals surface area contributed by atoms with Gasteiger partial charge in [0, 0.05) is 4.88 Å². The van der Waals surface area contributed by atoms with E-state index in [4.69, 9.17) is 0 Å². The molecule has 0 aliphatic rings. The van der Waals surface area contributed by atoms with Crippen LogP contribution in [0.5, 0.6) is 0 Å². The predicted molar refractivity (Wildman–Crippen MR) is 51.0 cm³/mol. The molecule has 0 nitrogen and oxygen atoms in total. The van der Waals surface area contributed by atoms with E-state index < -0.39 is 0 Å². The smallest absolute Gasteiger partial charge is 0.0545 e. The van der Waals surface area contributed by atoms with Crippen molar-refractivity contribution in [3.05, 3.63) is 21.9 Å². The third kappa shape index (κ3) is 1.61. The summed E-state index contributed by atoms with van der Waals surface area (Å²) >= 11 is 5.44. The Labute approximate surface area is 74.4 Å². The molecule has 1 aromatic heterocycles. The molecule has 0 aromatic carbocycles. The lowest BCUT2D eigenvalue weighted by Gasteiger charge is -2.14. The van der Waals surface area contributed by atoms with Gasteiger partial charge in [-0.3, -0.25) is 0 Å². The minimum atomic E-state index is 0.144. The average molecular weight is 219 g/mol. The maximum Gasteiger partial charge on any atom is 0.0545 e. The van der Waals surface area contributed by atoms with Gasteiger partial charge in [0.2, 0.25) is 0 Å². The van der Waals surface area contributed by atoms with Crippen LogP contribution < -0.4 is 0 Å². The second-order valence-electron chi connectivity index (χ2n) is 2.91.